The molecule has 0 amide bonds. The molecule has 0 unspecified atom stereocenters. The van der Waals surface area contributed by atoms with E-state index < -0.39 is 5.97 Å². The molecular formula is C29H25Br2N3O4. The second-order valence-corrected chi connectivity index (χ2v) is 11.1. The van der Waals surface area contributed by atoms with Gasteiger partial charge < -0.3 is 9.84 Å². The van der Waals surface area contributed by atoms with Gasteiger partial charge in [-0.25, -0.2) is 9.78 Å². The zero-order valence-corrected chi connectivity index (χ0v) is 23.6. The zero-order valence-electron chi connectivity index (χ0n) is 20.4. The number of fused-ring (bicyclic) bond motifs is 1. The van der Waals surface area contributed by atoms with Crippen molar-refractivity contribution in [3.63, 3.8) is 0 Å². The van der Waals surface area contributed by atoms with E-state index in [0.29, 0.717) is 28.0 Å². The van der Waals surface area contributed by atoms with Crippen LogP contribution in [-0.4, -0.2) is 27.0 Å². The minimum atomic E-state index is -0.970. The molecule has 0 bridgehead atoms. The van der Waals surface area contributed by atoms with Gasteiger partial charge in [-0.3, -0.25) is 4.79 Å². The molecule has 0 radical (unpaired) electrons. The molecule has 5 rings (SSSR count). The van der Waals surface area contributed by atoms with Crippen molar-refractivity contribution in [3.8, 4) is 5.75 Å². The lowest BCUT2D eigenvalue weighted by molar-refractivity contribution is 0.0697. The van der Waals surface area contributed by atoms with Gasteiger partial charge in [0.15, 0.2) is 0 Å². The Bertz CT molecular complexity index is 1580. The highest BCUT2D eigenvalue weighted by Crippen LogP contribution is 2.32. The number of aromatic nitrogens is 2. The summed E-state index contributed by atoms with van der Waals surface area (Å²) in [6.07, 6.45) is 7.01. The van der Waals surface area contributed by atoms with E-state index in [1.165, 1.54) is 11.1 Å². The number of carboxylic acid groups (broad SMARTS) is 1. The van der Waals surface area contributed by atoms with E-state index in [0.717, 1.165) is 40.2 Å². The monoisotopic (exact) mass is 637 g/mol. The van der Waals surface area contributed by atoms with E-state index in [1.54, 1.807) is 36.5 Å². The van der Waals surface area contributed by atoms with E-state index in [9.17, 15) is 9.59 Å². The molecule has 1 aliphatic carbocycles. The van der Waals surface area contributed by atoms with Crippen molar-refractivity contribution in [1.29, 1.82) is 0 Å². The maximum absolute atomic E-state index is 13.6. The standard InChI is InChI=1S/C29H25Br2N3O4/c30-22-11-13-26(38-17-18-6-8-20(9-7-18)29(36)37)21(14-22)16-32-34-27(19-4-2-1-3-5-19)33-25-12-10-23(31)15-24(25)28(34)35/h6-16,19H,1-5,17H2,(H,36,37). The second kappa shape index (κ2) is 11.6. The predicted octanol–water partition coefficient (Wildman–Crippen LogP) is 7.13. The Hall–Kier alpha value is -3.30. The highest BCUT2D eigenvalue weighted by molar-refractivity contribution is 9.10. The number of ether oxygens (including phenoxy) is 1. The van der Waals surface area contributed by atoms with E-state index >= 15 is 0 Å². The van der Waals surface area contributed by atoms with Gasteiger partial charge in [-0.15, -0.1) is 0 Å². The van der Waals surface area contributed by atoms with Crippen LogP contribution in [0.2, 0.25) is 0 Å². The Kier molecular flexibility index (Phi) is 8.04. The van der Waals surface area contributed by atoms with Crippen molar-refractivity contribution in [2.24, 2.45) is 5.10 Å². The van der Waals surface area contributed by atoms with E-state index in [2.05, 4.69) is 37.0 Å². The molecule has 3 aromatic carbocycles. The van der Waals surface area contributed by atoms with Crippen molar-refractivity contribution in [3.05, 3.63) is 102 Å². The van der Waals surface area contributed by atoms with Crippen molar-refractivity contribution in [1.82, 2.24) is 9.66 Å². The van der Waals surface area contributed by atoms with Gasteiger partial charge >= 0.3 is 5.97 Å². The third-order valence-electron chi connectivity index (χ3n) is 6.68. The topological polar surface area (TPSA) is 93.8 Å². The Morgan fingerprint density at radius 1 is 1.03 bits per heavy atom. The van der Waals surface area contributed by atoms with Crippen LogP contribution in [0.4, 0.5) is 0 Å². The fraction of sp³-hybridized carbons (Fsp3) is 0.241. The van der Waals surface area contributed by atoms with Gasteiger partial charge in [0, 0.05) is 20.4 Å². The fourth-order valence-electron chi connectivity index (χ4n) is 4.68. The van der Waals surface area contributed by atoms with Crippen molar-refractivity contribution >= 4 is 54.9 Å². The summed E-state index contributed by atoms with van der Waals surface area (Å²) >= 11 is 6.97. The van der Waals surface area contributed by atoms with Crippen LogP contribution in [0, 0.1) is 0 Å². The van der Waals surface area contributed by atoms with Crippen molar-refractivity contribution in [2.45, 2.75) is 44.6 Å². The van der Waals surface area contributed by atoms with Gasteiger partial charge in [-0.1, -0.05) is 63.3 Å². The summed E-state index contributed by atoms with van der Waals surface area (Å²) in [4.78, 5) is 29.6. The summed E-state index contributed by atoms with van der Waals surface area (Å²) < 4.78 is 9.16. The maximum Gasteiger partial charge on any atom is 0.335 e. The zero-order chi connectivity index (χ0) is 26.6. The fourth-order valence-corrected chi connectivity index (χ4v) is 5.42. The largest absolute Gasteiger partial charge is 0.488 e. The summed E-state index contributed by atoms with van der Waals surface area (Å²) in [7, 11) is 0. The number of hydrogen-bond donors (Lipinski definition) is 1. The first kappa shape index (κ1) is 26.3. The Morgan fingerprint density at radius 2 is 1.74 bits per heavy atom. The van der Waals surface area contributed by atoms with Crippen LogP contribution in [0.1, 0.15) is 65.3 Å². The quantitative estimate of drug-likeness (QED) is 0.217. The molecule has 1 N–H and O–H groups in total. The van der Waals surface area contributed by atoms with Gasteiger partial charge in [-0.2, -0.15) is 9.78 Å². The SMILES string of the molecule is O=C(O)c1ccc(COc2ccc(Br)cc2C=Nn2c(C3CCCCC3)nc3ccc(Br)cc3c2=O)cc1. The number of benzene rings is 3. The number of halogens is 2. The number of carboxylic acids is 1. The van der Waals surface area contributed by atoms with E-state index in [4.69, 9.17) is 14.8 Å². The molecular weight excluding hydrogens is 614 g/mol. The van der Waals surface area contributed by atoms with Crippen LogP contribution in [0.25, 0.3) is 10.9 Å². The molecule has 4 aromatic rings. The molecule has 1 fully saturated rings. The first-order valence-corrected chi connectivity index (χ1v) is 14.0. The van der Waals surface area contributed by atoms with Gasteiger partial charge in [-0.05, 0) is 66.9 Å². The Balaban J connectivity index is 1.49. The first-order valence-electron chi connectivity index (χ1n) is 12.4. The third kappa shape index (κ3) is 5.89. The maximum atomic E-state index is 13.6. The molecule has 1 heterocycles. The van der Waals surface area contributed by atoms with Crippen molar-refractivity contribution in [2.75, 3.05) is 0 Å². The van der Waals surface area contributed by atoms with E-state index in [-0.39, 0.29) is 23.6 Å². The molecule has 38 heavy (non-hydrogen) atoms. The van der Waals surface area contributed by atoms with Gasteiger partial charge in [0.05, 0.1) is 22.7 Å². The number of carbonyl (C=O) groups is 1. The number of nitrogens with zero attached hydrogens (tertiary/aromatic N) is 3. The normalized spacial score (nSPS) is 14.3. The van der Waals surface area contributed by atoms with Crippen LogP contribution in [-0.2, 0) is 6.61 Å². The summed E-state index contributed by atoms with van der Waals surface area (Å²) in [6.45, 7) is 0.251. The average Bonchev–Trinajstić information content (AvgIpc) is 2.93. The second-order valence-electron chi connectivity index (χ2n) is 9.30. The summed E-state index contributed by atoms with van der Waals surface area (Å²) in [5.74, 6) is 0.482. The molecule has 0 spiro atoms. The minimum absolute atomic E-state index is 0.175. The molecule has 1 saturated carbocycles. The van der Waals surface area contributed by atoms with Crippen LogP contribution < -0.4 is 10.3 Å². The molecule has 0 saturated heterocycles. The molecule has 0 atom stereocenters. The number of rotatable bonds is 7. The van der Waals surface area contributed by atoms with Crippen LogP contribution in [0.3, 0.4) is 0 Å². The minimum Gasteiger partial charge on any atom is -0.488 e. The number of aromatic carboxylic acids is 1. The lowest BCUT2D eigenvalue weighted by Gasteiger charge is -2.22. The summed E-state index contributed by atoms with van der Waals surface area (Å²) in [5, 5.41) is 14.3. The third-order valence-corrected chi connectivity index (χ3v) is 7.67. The first-order chi connectivity index (χ1) is 18.4. The molecule has 1 aromatic heterocycles. The van der Waals surface area contributed by atoms with Gasteiger partial charge in [0.25, 0.3) is 5.56 Å². The highest BCUT2D eigenvalue weighted by atomic mass is 79.9. The lowest BCUT2D eigenvalue weighted by Crippen LogP contribution is -2.25. The van der Waals surface area contributed by atoms with Crippen molar-refractivity contribution < 1.29 is 14.6 Å². The Labute approximate surface area is 236 Å². The van der Waals surface area contributed by atoms with Crippen LogP contribution >= 0.6 is 31.9 Å². The number of hydrogen-bond acceptors (Lipinski definition) is 5. The average molecular weight is 639 g/mol. The Morgan fingerprint density at radius 3 is 2.47 bits per heavy atom. The van der Waals surface area contributed by atoms with Crippen LogP contribution in [0.5, 0.6) is 5.75 Å². The van der Waals surface area contributed by atoms with Gasteiger partial charge in [0.1, 0.15) is 18.2 Å². The smallest absolute Gasteiger partial charge is 0.335 e. The summed E-state index contributed by atoms with van der Waals surface area (Å²) in [6, 6.07) is 17.7. The summed E-state index contributed by atoms with van der Waals surface area (Å²) in [5.41, 5.74) is 2.22. The van der Waals surface area contributed by atoms with E-state index in [1.807, 2.05) is 30.3 Å². The van der Waals surface area contributed by atoms with Gasteiger partial charge in [0.2, 0.25) is 0 Å². The lowest BCUT2D eigenvalue weighted by atomic mass is 9.88. The van der Waals surface area contributed by atoms with Crippen LogP contribution in [0.15, 0.2) is 79.5 Å². The molecule has 194 valence electrons. The highest BCUT2D eigenvalue weighted by Gasteiger charge is 2.22. The molecule has 0 aliphatic heterocycles. The predicted molar refractivity (Wildman–Crippen MR) is 154 cm³/mol. The molecule has 9 heteroatoms. The molecule has 7 nitrogen and oxygen atoms in total. The molecule has 1 aliphatic rings.